The first-order valence-corrected chi connectivity index (χ1v) is 7.72. The van der Waals surface area contributed by atoms with Crippen LogP contribution in [0, 0.1) is 5.82 Å². The Morgan fingerprint density at radius 3 is 2.44 bits per heavy atom. The fraction of sp³-hybridized carbons (Fsp3) is 0.167. The maximum Gasteiger partial charge on any atom is 0.418 e. The molecule has 0 aliphatic rings. The summed E-state index contributed by atoms with van der Waals surface area (Å²) in [5, 5.41) is 5.87. The average molecular weight is 381 g/mol. The molecular weight excluding hydrogens is 366 g/mol. The third kappa shape index (κ3) is 5.91. The van der Waals surface area contributed by atoms with Gasteiger partial charge in [-0.25, -0.2) is 9.82 Å². The van der Waals surface area contributed by atoms with Crippen molar-refractivity contribution in [2.45, 2.75) is 19.5 Å². The summed E-state index contributed by atoms with van der Waals surface area (Å²) < 4.78 is 51.8. The van der Waals surface area contributed by atoms with Crippen LogP contribution in [-0.2, 0) is 11.0 Å². The van der Waals surface area contributed by atoms with Crippen LogP contribution in [-0.4, -0.2) is 17.5 Å². The summed E-state index contributed by atoms with van der Waals surface area (Å²) in [6.07, 6.45) is -4.94. The van der Waals surface area contributed by atoms with Gasteiger partial charge in [-0.3, -0.25) is 9.59 Å². The van der Waals surface area contributed by atoms with Crippen molar-refractivity contribution in [3.63, 3.8) is 0 Å². The van der Waals surface area contributed by atoms with Crippen molar-refractivity contribution in [2.75, 3.05) is 5.32 Å². The molecule has 0 heterocycles. The minimum atomic E-state index is -4.61. The van der Waals surface area contributed by atoms with Crippen molar-refractivity contribution >= 4 is 23.2 Å². The molecule has 0 saturated heterocycles. The fourth-order valence-electron chi connectivity index (χ4n) is 2.15. The lowest BCUT2D eigenvalue weighted by molar-refractivity contribution is -0.137. The van der Waals surface area contributed by atoms with Gasteiger partial charge in [-0.15, -0.1) is 0 Å². The SMILES string of the molecule is CC(CC(=O)Nc1ccccc1C(F)(F)F)=NNC(=O)c1cccc(F)c1. The number of amides is 2. The van der Waals surface area contributed by atoms with Gasteiger partial charge in [-0.05, 0) is 37.3 Å². The van der Waals surface area contributed by atoms with Crippen LogP contribution in [0.15, 0.2) is 53.6 Å². The van der Waals surface area contributed by atoms with Gasteiger partial charge >= 0.3 is 6.18 Å². The first-order valence-electron chi connectivity index (χ1n) is 7.72. The van der Waals surface area contributed by atoms with Gasteiger partial charge in [0.2, 0.25) is 5.91 Å². The number of benzene rings is 2. The van der Waals surface area contributed by atoms with Gasteiger partial charge in [0.15, 0.2) is 0 Å². The van der Waals surface area contributed by atoms with E-state index in [4.69, 9.17) is 0 Å². The van der Waals surface area contributed by atoms with Crippen LogP contribution >= 0.6 is 0 Å². The molecule has 2 amide bonds. The van der Waals surface area contributed by atoms with E-state index in [1.807, 2.05) is 0 Å². The second-order valence-corrected chi connectivity index (χ2v) is 5.57. The van der Waals surface area contributed by atoms with Crippen LogP contribution in [0.4, 0.5) is 23.2 Å². The number of anilines is 1. The molecule has 0 radical (unpaired) electrons. The highest BCUT2D eigenvalue weighted by Crippen LogP contribution is 2.34. The first kappa shape index (κ1) is 20.1. The van der Waals surface area contributed by atoms with E-state index >= 15 is 0 Å². The Bertz CT molecular complexity index is 879. The summed E-state index contributed by atoms with van der Waals surface area (Å²) in [4.78, 5) is 23.8. The second-order valence-electron chi connectivity index (χ2n) is 5.57. The van der Waals surface area contributed by atoms with Crippen LogP contribution in [0.1, 0.15) is 29.3 Å². The topological polar surface area (TPSA) is 70.6 Å². The fourth-order valence-corrected chi connectivity index (χ4v) is 2.15. The van der Waals surface area contributed by atoms with Gasteiger partial charge < -0.3 is 5.32 Å². The number of hydrogen-bond donors (Lipinski definition) is 2. The number of carbonyl (C=O) groups is 2. The summed E-state index contributed by atoms with van der Waals surface area (Å²) in [7, 11) is 0. The monoisotopic (exact) mass is 381 g/mol. The lowest BCUT2D eigenvalue weighted by Crippen LogP contribution is -2.22. The first-order chi connectivity index (χ1) is 12.7. The van der Waals surface area contributed by atoms with Crippen molar-refractivity contribution in [1.29, 1.82) is 0 Å². The van der Waals surface area contributed by atoms with Gasteiger partial charge in [0.1, 0.15) is 5.82 Å². The van der Waals surface area contributed by atoms with E-state index in [1.54, 1.807) is 0 Å². The number of nitrogens with one attached hydrogen (secondary N) is 2. The van der Waals surface area contributed by atoms with Gasteiger partial charge in [0, 0.05) is 11.3 Å². The summed E-state index contributed by atoms with van der Waals surface area (Å²) in [5.74, 6) is -2.00. The molecule has 0 unspecified atom stereocenters. The molecule has 2 aromatic carbocycles. The zero-order valence-corrected chi connectivity index (χ0v) is 14.1. The minimum Gasteiger partial charge on any atom is -0.325 e. The van der Waals surface area contributed by atoms with Crippen LogP contribution in [0.5, 0.6) is 0 Å². The molecule has 0 fully saturated rings. The van der Waals surface area contributed by atoms with E-state index < -0.39 is 29.4 Å². The molecule has 2 aromatic rings. The molecule has 2 N–H and O–H groups in total. The van der Waals surface area contributed by atoms with Crippen LogP contribution in [0.3, 0.4) is 0 Å². The number of hydrogen-bond acceptors (Lipinski definition) is 3. The Hall–Kier alpha value is -3.23. The number of nitrogens with zero attached hydrogens (tertiary/aromatic N) is 1. The normalized spacial score (nSPS) is 11.8. The third-order valence-corrected chi connectivity index (χ3v) is 3.36. The summed E-state index contributed by atoms with van der Waals surface area (Å²) in [6, 6.07) is 9.50. The largest absolute Gasteiger partial charge is 0.418 e. The lowest BCUT2D eigenvalue weighted by Gasteiger charge is -2.13. The van der Waals surface area contributed by atoms with E-state index in [1.165, 1.54) is 37.3 Å². The van der Waals surface area contributed by atoms with E-state index in [2.05, 4.69) is 15.8 Å². The Labute approximate surface area is 152 Å². The molecule has 2 rings (SSSR count). The van der Waals surface area contributed by atoms with Crippen molar-refractivity contribution in [3.05, 3.63) is 65.5 Å². The molecule has 0 aliphatic carbocycles. The number of carbonyl (C=O) groups excluding carboxylic acids is 2. The van der Waals surface area contributed by atoms with Gasteiger partial charge in [-0.1, -0.05) is 18.2 Å². The highest BCUT2D eigenvalue weighted by atomic mass is 19.4. The lowest BCUT2D eigenvalue weighted by atomic mass is 10.1. The molecule has 0 saturated carbocycles. The Kier molecular flexibility index (Phi) is 6.27. The maximum atomic E-state index is 13.1. The zero-order chi connectivity index (χ0) is 20.0. The molecule has 9 heteroatoms. The smallest absolute Gasteiger partial charge is 0.325 e. The maximum absolute atomic E-state index is 13.1. The van der Waals surface area contributed by atoms with E-state index in [-0.39, 0.29) is 23.4 Å². The number of para-hydroxylation sites is 1. The average Bonchev–Trinajstić information content (AvgIpc) is 2.59. The molecule has 0 bridgehead atoms. The van der Waals surface area contributed by atoms with Crippen LogP contribution in [0.2, 0.25) is 0 Å². The van der Waals surface area contributed by atoms with Crippen molar-refractivity contribution in [1.82, 2.24) is 5.43 Å². The minimum absolute atomic E-state index is 0.0371. The van der Waals surface area contributed by atoms with Crippen molar-refractivity contribution in [2.24, 2.45) is 5.10 Å². The number of alkyl halides is 3. The standard InChI is InChI=1S/C18H15F4N3O2/c1-11(24-25-17(27)12-5-4-6-13(19)10-12)9-16(26)23-15-8-3-2-7-14(15)18(20,21)22/h2-8,10H,9H2,1H3,(H,23,26)(H,25,27). The van der Waals surface area contributed by atoms with Crippen LogP contribution in [0.25, 0.3) is 0 Å². The van der Waals surface area contributed by atoms with Gasteiger partial charge in [0.25, 0.3) is 5.91 Å². The van der Waals surface area contributed by atoms with Gasteiger partial charge in [0.05, 0.1) is 17.7 Å². The van der Waals surface area contributed by atoms with E-state index in [0.717, 1.165) is 18.2 Å². The number of rotatable bonds is 5. The summed E-state index contributed by atoms with van der Waals surface area (Å²) in [6.45, 7) is 1.42. The zero-order valence-electron chi connectivity index (χ0n) is 14.1. The van der Waals surface area contributed by atoms with Gasteiger partial charge in [-0.2, -0.15) is 18.3 Å². The molecule has 142 valence electrons. The quantitative estimate of drug-likeness (QED) is 0.467. The molecule has 0 aromatic heterocycles. The van der Waals surface area contributed by atoms with Crippen molar-refractivity contribution in [3.8, 4) is 0 Å². The molecule has 0 atom stereocenters. The predicted molar refractivity (Wildman–Crippen MR) is 91.7 cm³/mol. The second kappa shape index (κ2) is 8.43. The Balaban J connectivity index is 1.98. The van der Waals surface area contributed by atoms with Crippen LogP contribution < -0.4 is 10.7 Å². The molecule has 0 spiro atoms. The molecular formula is C18H15F4N3O2. The molecule has 5 nitrogen and oxygen atoms in total. The summed E-state index contributed by atoms with van der Waals surface area (Å²) >= 11 is 0. The Morgan fingerprint density at radius 1 is 1.07 bits per heavy atom. The van der Waals surface area contributed by atoms with E-state index in [0.29, 0.717) is 0 Å². The number of hydrazone groups is 1. The van der Waals surface area contributed by atoms with Crippen molar-refractivity contribution < 1.29 is 27.2 Å². The predicted octanol–water partition coefficient (Wildman–Crippen LogP) is 3.98. The summed E-state index contributed by atoms with van der Waals surface area (Å²) in [5.41, 5.74) is 1.01. The highest BCUT2D eigenvalue weighted by molar-refractivity contribution is 6.06. The third-order valence-electron chi connectivity index (χ3n) is 3.36. The molecule has 27 heavy (non-hydrogen) atoms. The Morgan fingerprint density at radius 2 is 1.78 bits per heavy atom. The highest BCUT2D eigenvalue weighted by Gasteiger charge is 2.33. The number of halogens is 4. The van der Waals surface area contributed by atoms with E-state index in [9.17, 15) is 27.2 Å². The molecule has 0 aliphatic heterocycles.